The van der Waals surface area contributed by atoms with E-state index in [0.29, 0.717) is 0 Å². The molecule has 3 N–H and O–H groups in total. The lowest BCUT2D eigenvalue weighted by Gasteiger charge is -2.08. The van der Waals surface area contributed by atoms with Crippen molar-refractivity contribution < 1.29 is 18.0 Å². The number of halogens is 3. The number of nitrogens with zero attached hydrogens (tertiary/aromatic N) is 2. The molecule has 1 aromatic heterocycles. The summed E-state index contributed by atoms with van der Waals surface area (Å²) in [6.45, 7) is 0. The minimum absolute atomic E-state index is 0.224. The zero-order valence-electron chi connectivity index (χ0n) is 6.67. The first-order valence-corrected chi connectivity index (χ1v) is 3.35. The lowest BCUT2D eigenvalue weighted by atomic mass is 10.4. The van der Waals surface area contributed by atoms with Gasteiger partial charge in [0.1, 0.15) is 12.0 Å². The first-order chi connectivity index (χ1) is 6.41. The Morgan fingerprint density at radius 3 is 2.64 bits per heavy atom. The summed E-state index contributed by atoms with van der Waals surface area (Å²) >= 11 is 0. The fourth-order valence-corrected chi connectivity index (χ4v) is 0.629. The number of hydrogen-bond donors (Lipinski definition) is 2. The number of nitrogens with one attached hydrogen (secondary N) is 1. The fraction of sp³-hybridized carbons (Fsp3) is 0.167. The molecule has 1 rings (SSSR count). The third kappa shape index (κ3) is 2.31. The van der Waals surface area contributed by atoms with E-state index in [4.69, 9.17) is 5.73 Å². The van der Waals surface area contributed by atoms with Crippen molar-refractivity contribution in [3.05, 3.63) is 12.5 Å². The molecule has 76 valence electrons. The van der Waals surface area contributed by atoms with Crippen LogP contribution in [0.4, 0.5) is 24.7 Å². The Kier molecular flexibility index (Phi) is 2.54. The largest absolute Gasteiger partial charge is 0.471 e. The number of alkyl halides is 3. The second-order valence-corrected chi connectivity index (χ2v) is 2.27. The summed E-state index contributed by atoms with van der Waals surface area (Å²) in [7, 11) is 0. The highest BCUT2D eigenvalue weighted by atomic mass is 19.4. The van der Waals surface area contributed by atoms with Crippen LogP contribution in [-0.4, -0.2) is 22.1 Å². The zero-order chi connectivity index (χ0) is 10.8. The number of hydrogen-bond acceptors (Lipinski definition) is 4. The number of carbonyl (C=O) groups excluding carboxylic acids is 1. The van der Waals surface area contributed by atoms with Gasteiger partial charge in [0, 0.05) is 0 Å². The monoisotopic (exact) mass is 206 g/mol. The minimum Gasteiger partial charge on any atom is -0.382 e. The standard InChI is InChI=1S/C6H5F3N4O/c7-6(8,9)5(14)13-3-1-11-2-12-4(3)10/h1-2H,(H,13,14)(H2,10,11,12). The van der Waals surface area contributed by atoms with Gasteiger partial charge in [-0.2, -0.15) is 13.2 Å². The van der Waals surface area contributed by atoms with E-state index >= 15 is 0 Å². The number of amides is 1. The predicted octanol–water partition coefficient (Wildman–Crippen LogP) is 0.560. The van der Waals surface area contributed by atoms with Crippen LogP contribution >= 0.6 is 0 Å². The first kappa shape index (κ1) is 10.2. The summed E-state index contributed by atoms with van der Waals surface area (Å²) in [5.41, 5.74) is 4.91. The van der Waals surface area contributed by atoms with Gasteiger partial charge in [-0.15, -0.1) is 0 Å². The second-order valence-electron chi connectivity index (χ2n) is 2.27. The quantitative estimate of drug-likeness (QED) is 0.703. The maximum atomic E-state index is 11.8. The van der Waals surface area contributed by atoms with Gasteiger partial charge in [-0.05, 0) is 0 Å². The SMILES string of the molecule is Nc1ncncc1NC(=O)C(F)(F)F. The minimum atomic E-state index is -4.96. The van der Waals surface area contributed by atoms with Gasteiger partial charge in [0.25, 0.3) is 0 Å². The van der Waals surface area contributed by atoms with Crippen LogP contribution in [0.1, 0.15) is 0 Å². The Hall–Kier alpha value is -1.86. The average molecular weight is 206 g/mol. The van der Waals surface area contributed by atoms with Crippen molar-refractivity contribution in [2.75, 3.05) is 11.1 Å². The van der Waals surface area contributed by atoms with Gasteiger partial charge in [0.2, 0.25) is 0 Å². The van der Waals surface area contributed by atoms with E-state index in [0.717, 1.165) is 12.5 Å². The number of carbonyl (C=O) groups is 1. The third-order valence-electron chi connectivity index (χ3n) is 1.25. The van der Waals surface area contributed by atoms with Crippen molar-refractivity contribution in [1.29, 1.82) is 0 Å². The molecule has 0 spiro atoms. The van der Waals surface area contributed by atoms with Crippen LogP contribution in [0, 0.1) is 0 Å². The molecule has 14 heavy (non-hydrogen) atoms. The Bertz CT molecular complexity index is 351. The number of rotatable bonds is 1. The third-order valence-corrected chi connectivity index (χ3v) is 1.25. The molecule has 0 atom stereocenters. The van der Waals surface area contributed by atoms with Crippen LogP contribution < -0.4 is 11.1 Å². The summed E-state index contributed by atoms with van der Waals surface area (Å²) in [5, 5.41) is 1.54. The topological polar surface area (TPSA) is 80.9 Å². The Morgan fingerprint density at radius 2 is 2.14 bits per heavy atom. The van der Waals surface area contributed by atoms with Gasteiger partial charge in [0.05, 0.1) is 6.20 Å². The molecule has 1 amide bonds. The van der Waals surface area contributed by atoms with E-state index in [1.54, 1.807) is 0 Å². The van der Waals surface area contributed by atoms with Crippen molar-refractivity contribution in [2.24, 2.45) is 0 Å². The summed E-state index contributed by atoms with van der Waals surface area (Å²) in [5.74, 6) is -2.34. The number of nitrogens with two attached hydrogens (primary N) is 1. The number of aromatic nitrogens is 2. The molecule has 0 bridgehead atoms. The predicted molar refractivity (Wildman–Crippen MR) is 41.1 cm³/mol. The Labute approximate surface area is 76.1 Å². The molecule has 1 aromatic rings. The summed E-state index contributed by atoms with van der Waals surface area (Å²) < 4.78 is 35.3. The van der Waals surface area contributed by atoms with Gasteiger partial charge < -0.3 is 11.1 Å². The average Bonchev–Trinajstić information content (AvgIpc) is 2.07. The van der Waals surface area contributed by atoms with E-state index in [1.165, 1.54) is 5.32 Å². The smallest absolute Gasteiger partial charge is 0.382 e. The van der Waals surface area contributed by atoms with Crippen LogP contribution in [-0.2, 0) is 4.79 Å². The molecule has 8 heteroatoms. The van der Waals surface area contributed by atoms with Crippen molar-refractivity contribution in [1.82, 2.24) is 9.97 Å². The molecule has 0 aliphatic rings. The maximum absolute atomic E-state index is 11.8. The highest BCUT2D eigenvalue weighted by molar-refractivity contribution is 5.96. The normalized spacial score (nSPS) is 11.1. The first-order valence-electron chi connectivity index (χ1n) is 3.35. The van der Waals surface area contributed by atoms with Crippen LogP contribution in [0.5, 0.6) is 0 Å². The van der Waals surface area contributed by atoms with Gasteiger partial charge in [0.15, 0.2) is 5.82 Å². The molecule has 0 aliphatic carbocycles. The van der Waals surface area contributed by atoms with Crippen molar-refractivity contribution in [2.45, 2.75) is 6.18 Å². The van der Waals surface area contributed by atoms with Crippen molar-refractivity contribution in [3.63, 3.8) is 0 Å². The Balaban J connectivity index is 2.80. The van der Waals surface area contributed by atoms with E-state index in [1.807, 2.05) is 0 Å². The van der Waals surface area contributed by atoms with Crippen molar-refractivity contribution >= 4 is 17.4 Å². The lowest BCUT2D eigenvalue weighted by Crippen LogP contribution is -2.30. The van der Waals surface area contributed by atoms with Gasteiger partial charge in [-0.1, -0.05) is 0 Å². The lowest BCUT2D eigenvalue weighted by molar-refractivity contribution is -0.167. The molecule has 0 fully saturated rings. The molecule has 0 unspecified atom stereocenters. The molecule has 1 heterocycles. The highest BCUT2D eigenvalue weighted by Crippen LogP contribution is 2.19. The molecule has 0 saturated carbocycles. The number of anilines is 2. The summed E-state index contributed by atoms with van der Waals surface area (Å²) in [6, 6.07) is 0. The van der Waals surface area contributed by atoms with Gasteiger partial charge in [-0.3, -0.25) is 4.79 Å². The molecule has 0 aromatic carbocycles. The molecule has 0 saturated heterocycles. The zero-order valence-corrected chi connectivity index (χ0v) is 6.67. The van der Waals surface area contributed by atoms with E-state index < -0.39 is 12.1 Å². The maximum Gasteiger partial charge on any atom is 0.471 e. The second kappa shape index (κ2) is 3.48. The molecular weight excluding hydrogens is 201 g/mol. The van der Waals surface area contributed by atoms with Gasteiger partial charge >= 0.3 is 12.1 Å². The van der Waals surface area contributed by atoms with Crippen LogP contribution in [0.2, 0.25) is 0 Å². The summed E-state index contributed by atoms with van der Waals surface area (Å²) in [6.07, 6.45) is -2.92. The van der Waals surface area contributed by atoms with Crippen LogP contribution in [0.25, 0.3) is 0 Å². The van der Waals surface area contributed by atoms with E-state index in [9.17, 15) is 18.0 Å². The molecular formula is C6H5F3N4O. The molecule has 5 nitrogen and oxygen atoms in total. The van der Waals surface area contributed by atoms with Crippen LogP contribution in [0.15, 0.2) is 12.5 Å². The highest BCUT2D eigenvalue weighted by Gasteiger charge is 2.39. The summed E-state index contributed by atoms with van der Waals surface area (Å²) in [4.78, 5) is 17.2. The molecule has 0 aliphatic heterocycles. The van der Waals surface area contributed by atoms with Gasteiger partial charge in [-0.25, -0.2) is 9.97 Å². The number of nitrogen functional groups attached to an aromatic ring is 1. The van der Waals surface area contributed by atoms with E-state index in [-0.39, 0.29) is 11.5 Å². The van der Waals surface area contributed by atoms with Crippen molar-refractivity contribution in [3.8, 4) is 0 Å². The van der Waals surface area contributed by atoms with E-state index in [2.05, 4.69) is 9.97 Å². The Morgan fingerprint density at radius 1 is 1.50 bits per heavy atom. The van der Waals surface area contributed by atoms with Crippen LogP contribution in [0.3, 0.4) is 0 Å². The molecule has 0 radical (unpaired) electrons. The fourth-order valence-electron chi connectivity index (χ4n) is 0.629.